The summed E-state index contributed by atoms with van der Waals surface area (Å²) in [7, 11) is 1.26. The van der Waals surface area contributed by atoms with Crippen molar-refractivity contribution in [3.05, 3.63) is 92.1 Å². The topological polar surface area (TPSA) is 89.0 Å². The zero-order chi connectivity index (χ0) is 26.2. The summed E-state index contributed by atoms with van der Waals surface area (Å²) in [6.07, 6.45) is -4.72. The Bertz CT molecular complexity index is 1510. The van der Waals surface area contributed by atoms with Crippen LogP contribution in [-0.4, -0.2) is 27.8 Å². The first kappa shape index (κ1) is 25.3. The molecule has 0 saturated heterocycles. The maximum absolute atomic E-state index is 14.1. The van der Waals surface area contributed by atoms with E-state index in [1.54, 1.807) is 6.07 Å². The SMILES string of the molecule is COc1cc(-c2nn(-c3c(Cl)cccc3Cl)c(=O)[nH]2)ccc1C(=O)Nc1cc(C(F)(F)F)ccc1F. The van der Waals surface area contributed by atoms with Crippen molar-refractivity contribution < 1.29 is 27.1 Å². The van der Waals surface area contributed by atoms with Crippen molar-refractivity contribution in [1.29, 1.82) is 0 Å². The Morgan fingerprint density at radius 3 is 2.42 bits per heavy atom. The number of rotatable bonds is 5. The van der Waals surface area contributed by atoms with E-state index in [1.165, 1.54) is 37.4 Å². The van der Waals surface area contributed by atoms with Gasteiger partial charge < -0.3 is 10.1 Å². The molecular formula is C23H14Cl2F4N4O3. The molecular weight excluding hydrogens is 527 g/mol. The third-order valence-corrected chi connectivity index (χ3v) is 5.64. The number of amides is 1. The van der Waals surface area contributed by atoms with Crippen LogP contribution in [0.4, 0.5) is 23.2 Å². The number of carbonyl (C=O) groups excluding carboxylic acids is 1. The van der Waals surface area contributed by atoms with Crippen LogP contribution in [0, 0.1) is 5.82 Å². The summed E-state index contributed by atoms with van der Waals surface area (Å²) in [5.74, 6) is -1.89. The van der Waals surface area contributed by atoms with Gasteiger partial charge >= 0.3 is 11.9 Å². The lowest BCUT2D eigenvalue weighted by molar-refractivity contribution is -0.137. The quantitative estimate of drug-likeness (QED) is 0.306. The maximum atomic E-state index is 14.1. The number of nitrogens with zero attached hydrogens (tertiary/aromatic N) is 2. The van der Waals surface area contributed by atoms with Gasteiger partial charge in [-0.05, 0) is 42.5 Å². The molecule has 4 aromatic rings. The van der Waals surface area contributed by atoms with E-state index in [0.717, 1.165) is 4.68 Å². The van der Waals surface area contributed by atoms with Crippen LogP contribution in [0.3, 0.4) is 0 Å². The molecule has 4 rings (SSSR count). The first-order valence-electron chi connectivity index (χ1n) is 10.00. The molecule has 0 radical (unpaired) electrons. The number of aromatic amines is 1. The van der Waals surface area contributed by atoms with Crippen LogP contribution >= 0.6 is 23.2 Å². The fraction of sp³-hybridized carbons (Fsp3) is 0.0870. The number of carbonyl (C=O) groups is 1. The number of H-pyrrole nitrogens is 1. The van der Waals surface area contributed by atoms with Crippen LogP contribution in [0.2, 0.25) is 10.0 Å². The maximum Gasteiger partial charge on any atom is 0.416 e. The van der Waals surface area contributed by atoms with E-state index < -0.39 is 34.8 Å². The van der Waals surface area contributed by atoms with Crippen molar-refractivity contribution in [3.8, 4) is 22.8 Å². The molecule has 1 aromatic heterocycles. The molecule has 186 valence electrons. The molecule has 3 aromatic carbocycles. The van der Waals surface area contributed by atoms with Gasteiger partial charge in [-0.2, -0.15) is 17.9 Å². The molecule has 13 heteroatoms. The Hall–Kier alpha value is -3.83. The number of methoxy groups -OCH3 is 1. The molecule has 0 atom stereocenters. The zero-order valence-corrected chi connectivity index (χ0v) is 19.6. The lowest BCUT2D eigenvalue weighted by atomic mass is 10.1. The summed E-state index contributed by atoms with van der Waals surface area (Å²) in [5.41, 5.74) is -2.03. The highest BCUT2D eigenvalue weighted by atomic mass is 35.5. The molecule has 0 saturated carbocycles. The highest BCUT2D eigenvalue weighted by Gasteiger charge is 2.31. The second-order valence-electron chi connectivity index (χ2n) is 7.32. The van der Waals surface area contributed by atoms with Gasteiger partial charge in [0, 0.05) is 5.56 Å². The lowest BCUT2D eigenvalue weighted by Crippen LogP contribution is -2.16. The third kappa shape index (κ3) is 4.93. The Labute approximate surface area is 210 Å². The van der Waals surface area contributed by atoms with Crippen molar-refractivity contribution >= 4 is 34.8 Å². The average Bonchev–Trinajstić information content (AvgIpc) is 3.20. The zero-order valence-electron chi connectivity index (χ0n) is 18.1. The first-order chi connectivity index (χ1) is 17.0. The second kappa shape index (κ2) is 9.67. The molecule has 7 nitrogen and oxygen atoms in total. The Morgan fingerprint density at radius 1 is 1.08 bits per heavy atom. The summed E-state index contributed by atoms with van der Waals surface area (Å²) >= 11 is 12.3. The molecule has 0 bridgehead atoms. The van der Waals surface area contributed by atoms with Gasteiger partial charge in [-0.3, -0.25) is 9.78 Å². The molecule has 0 spiro atoms. The fourth-order valence-electron chi connectivity index (χ4n) is 3.31. The van der Waals surface area contributed by atoms with Gasteiger partial charge in [-0.25, -0.2) is 9.18 Å². The molecule has 1 heterocycles. The van der Waals surface area contributed by atoms with E-state index in [2.05, 4.69) is 15.4 Å². The molecule has 0 aliphatic heterocycles. The number of alkyl halides is 3. The van der Waals surface area contributed by atoms with Crippen molar-refractivity contribution in [1.82, 2.24) is 14.8 Å². The van der Waals surface area contributed by atoms with E-state index in [1.807, 2.05) is 0 Å². The Kier molecular flexibility index (Phi) is 6.79. The van der Waals surface area contributed by atoms with Crippen LogP contribution in [0.15, 0.2) is 59.4 Å². The van der Waals surface area contributed by atoms with E-state index in [4.69, 9.17) is 27.9 Å². The first-order valence-corrected chi connectivity index (χ1v) is 10.8. The van der Waals surface area contributed by atoms with Crippen molar-refractivity contribution in [2.45, 2.75) is 6.18 Å². The molecule has 0 aliphatic rings. The number of aromatic nitrogens is 3. The van der Waals surface area contributed by atoms with Gasteiger partial charge in [-0.1, -0.05) is 35.3 Å². The van der Waals surface area contributed by atoms with Gasteiger partial charge in [-0.15, -0.1) is 5.10 Å². The van der Waals surface area contributed by atoms with Crippen LogP contribution in [0.25, 0.3) is 17.1 Å². The number of anilines is 1. The number of halogens is 6. The molecule has 1 amide bonds. The number of benzene rings is 3. The fourth-order valence-corrected chi connectivity index (χ4v) is 3.87. The lowest BCUT2D eigenvalue weighted by Gasteiger charge is -2.13. The van der Waals surface area contributed by atoms with Gasteiger partial charge in [0.25, 0.3) is 5.91 Å². The van der Waals surface area contributed by atoms with Crippen LogP contribution < -0.4 is 15.7 Å². The largest absolute Gasteiger partial charge is 0.496 e. The van der Waals surface area contributed by atoms with Crippen molar-refractivity contribution in [2.75, 3.05) is 12.4 Å². The Morgan fingerprint density at radius 2 is 1.78 bits per heavy atom. The summed E-state index contributed by atoms with van der Waals surface area (Å²) in [6, 6.07) is 10.4. The average molecular weight is 541 g/mol. The highest BCUT2D eigenvalue weighted by molar-refractivity contribution is 6.37. The minimum absolute atomic E-state index is 0.0106. The normalized spacial score (nSPS) is 11.4. The third-order valence-electron chi connectivity index (χ3n) is 5.03. The molecule has 0 unspecified atom stereocenters. The molecule has 0 fully saturated rings. The van der Waals surface area contributed by atoms with Gasteiger partial charge in [0.15, 0.2) is 5.82 Å². The standard InChI is InChI=1S/C23H14Cl2F4N4O3/c1-36-18-9-11(20-31-22(35)33(32-20)19-14(24)3-2-4-15(19)25)5-7-13(18)21(34)30-17-10-12(23(27,28)29)6-8-16(17)26/h2-10H,1H3,(H,30,34)(H,31,32,35). The van der Waals surface area contributed by atoms with Gasteiger partial charge in [0.2, 0.25) is 0 Å². The molecule has 36 heavy (non-hydrogen) atoms. The summed E-state index contributed by atoms with van der Waals surface area (Å²) in [5, 5.41) is 6.70. The van der Waals surface area contributed by atoms with Crippen molar-refractivity contribution in [2.24, 2.45) is 0 Å². The number of nitrogens with one attached hydrogen (secondary N) is 2. The summed E-state index contributed by atoms with van der Waals surface area (Å²) in [4.78, 5) is 27.8. The van der Waals surface area contributed by atoms with Crippen LogP contribution in [0.1, 0.15) is 15.9 Å². The van der Waals surface area contributed by atoms with Gasteiger partial charge in [0.05, 0.1) is 34.0 Å². The highest BCUT2D eigenvalue weighted by Crippen LogP contribution is 2.33. The minimum atomic E-state index is -4.72. The predicted molar refractivity (Wildman–Crippen MR) is 126 cm³/mol. The predicted octanol–water partition coefficient (Wildman–Crippen LogP) is 5.95. The van der Waals surface area contributed by atoms with E-state index in [-0.39, 0.29) is 32.9 Å². The second-order valence-corrected chi connectivity index (χ2v) is 8.14. The van der Waals surface area contributed by atoms with Crippen LogP contribution in [0.5, 0.6) is 5.75 Å². The number of hydrogen-bond donors (Lipinski definition) is 2. The molecule has 0 aliphatic carbocycles. The monoisotopic (exact) mass is 540 g/mol. The van der Waals surface area contributed by atoms with Crippen LogP contribution in [-0.2, 0) is 6.18 Å². The Balaban J connectivity index is 1.67. The van der Waals surface area contributed by atoms with E-state index in [0.29, 0.717) is 23.8 Å². The van der Waals surface area contributed by atoms with E-state index in [9.17, 15) is 27.2 Å². The minimum Gasteiger partial charge on any atom is -0.496 e. The number of hydrogen-bond acceptors (Lipinski definition) is 4. The smallest absolute Gasteiger partial charge is 0.416 e. The summed E-state index contributed by atoms with van der Waals surface area (Å²) in [6.45, 7) is 0. The molecule has 2 N–H and O–H groups in total. The van der Waals surface area contributed by atoms with E-state index >= 15 is 0 Å². The number of ether oxygens (including phenoxy) is 1. The van der Waals surface area contributed by atoms with Gasteiger partial charge in [0.1, 0.15) is 17.3 Å². The summed E-state index contributed by atoms with van der Waals surface area (Å²) < 4.78 is 59.2. The number of para-hydroxylation sites is 1. The van der Waals surface area contributed by atoms with Crippen molar-refractivity contribution in [3.63, 3.8) is 0 Å².